The maximum absolute atomic E-state index is 11.2. The van der Waals surface area contributed by atoms with Crippen molar-refractivity contribution < 1.29 is 14.4 Å². The highest BCUT2D eigenvalue weighted by Crippen LogP contribution is 2.23. The highest BCUT2D eigenvalue weighted by Gasteiger charge is 2.27. The third-order valence-corrected chi connectivity index (χ3v) is 2.17. The molecule has 5 heteroatoms. The van der Waals surface area contributed by atoms with Gasteiger partial charge in [-0.15, -0.1) is 0 Å². The van der Waals surface area contributed by atoms with Gasteiger partial charge in [0.05, 0.1) is 0 Å². The average Bonchev–Trinajstić information content (AvgIpc) is 2.66. The number of benzene rings is 1. The minimum atomic E-state index is -1.00. The van der Waals surface area contributed by atoms with Crippen molar-refractivity contribution in [3.63, 3.8) is 0 Å². The Morgan fingerprint density at radius 1 is 1.38 bits per heavy atom. The number of nitrogens with zero attached hydrogens (tertiary/aromatic N) is 2. The molecule has 0 radical (unpaired) electrons. The monoisotopic (exact) mass is 218 g/mol. The molecule has 5 nitrogen and oxygen atoms in total. The van der Waals surface area contributed by atoms with Crippen LogP contribution in [0.5, 0.6) is 0 Å². The normalized spacial score (nSPS) is 12.3. The van der Waals surface area contributed by atoms with Gasteiger partial charge in [-0.05, 0) is 12.5 Å². The van der Waals surface area contributed by atoms with Gasteiger partial charge in [-0.3, -0.25) is 4.79 Å². The smallest absolute Gasteiger partial charge is 0.320 e. The van der Waals surface area contributed by atoms with E-state index in [1.165, 1.54) is 0 Å². The van der Waals surface area contributed by atoms with Crippen LogP contribution in [0.15, 0.2) is 34.9 Å². The van der Waals surface area contributed by atoms with E-state index in [0.29, 0.717) is 11.4 Å². The molecule has 0 saturated heterocycles. The van der Waals surface area contributed by atoms with E-state index in [9.17, 15) is 4.79 Å². The first kappa shape index (κ1) is 10.4. The summed E-state index contributed by atoms with van der Waals surface area (Å²) in [6.45, 7) is 1.65. The Morgan fingerprint density at radius 3 is 2.56 bits per heavy atom. The highest BCUT2D eigenvalue weighted by atomic mass is 16.5. The van der Waals surface area contributed by atoms with E-state index in [0.717, 1.165) is 0 Å². The van der Waals surface area contributed by atoms with Gasteiger partial charge < -0.3 is 9.63 Å². The number of carbonyl (C=O) groups is 1. The zero-order chi connectivity index (χ0) is 11.5. The van der Waals surface area contributed by atoms with Gasteiger partial charge in [0.2, 0.25) is 5.89 Å². The van der Waals surface area contributed by atoms with Gasteiger partial charge in [-0.1, -0.05) is 35.5 Å². The number of aryl methyl sites for hydroxylation is 1. The number of hydrogen-bond acceptors (Lipinski definition) is 4. The van der Waals surface area contributed by atoms with Crippen molar-refractivity contribution in [2.75, 3.05) is 0 Å². The topological polar surface area (TPSA) is 76.2 Å². The zero-order valence-corrected chi connectivity index (χ0v) is 8.62. The summed E-state index contributed by atoms with van der Waals surface area (Å²) in [5, 5.41) is 12.8. The van der Waals surface area contributed by atoms with Crippen LogP contribution >= 0.6 is 0 Å². The second kappa shape index (κ2) is 4.14. The van der Waals surface area contributed by atoms with E-state index in [-0.39, 0.29) is 5.89 Å². The van der Waals surface area contributed by atoms with Crippen LogP contribution in [0.1, 0.15) is 23.2 Å². The molecule has 2 aromatic rings. The number of rotatable bonds is 3. The first-order valence-corrected chi connectivity index (χ1v) is 4.76. The Bertz CT molecular complexity index is 493. The van der Waals surface area contributed by atoms with Crippen molar-refractivity contribution in [2.45, 2.75) is 12.8 Å². The van der Waals surface area contributed by atoms with Crippen LogP contribution in [0, 0.1) is 6.92 Å². The lowest BCUT2D eigenvalue weighted by molar-refractivity contribution is -0.138. The Kier molecular flexibility index (Phi) is 2.68. The summed E-state index contributed by atoms with van der Waals surface area (Å²) in [7, 11) is 0. The SMILES string of the molecule is Cc1noc(C(C(=O)O)c2ccccc2)n1. The van der Waals surface area contributed by atoms with Crippen molar-refractivity contribution in [1.29, 1.82) is 0 Å². The molecule has 1 N–H and O–H groups in total. The lowest BCUT2D eigenvalue weighted by Crippen LogP contribution is -2.13. The molecule has 0 aliphatic heterocycles. The van der Waals surface area contributed by atoms with Crippen molar-refractivity contribution in [2.24, 2.45) is 0 Å². The van der Waals surface area contributed by atoms with Gasteiger partial charge >= 0.3 is 5.97 Å². The predicted molar refractivity (Wildman–Crippen MR) is 55.0 cm³/mol. The van der Waals surface area contributed by atoms with E-state index in [1.54, 1.807) is 31.2 Å². The van der Waals surface area contributed by atoms with Crippen LogP contribution < -0.4 is 0 Å². The molecular formula is C11H10N2O3. The van der Waals surface area contributed by atoms with Crippen LogP contribution in [-0.4, -0.2) is 21.2 Å². The minimum absolute atomic E-state index is 0.108. The summed E-state index contributed by atoms with van der Waals surface area (Å²) >= 11 is 0. The maximum Gasteiger partial charge on any atom is 0.320 e. The summed E-state index contributed by atoms with van der Waals surface area (Å²) < 4.78 is 4.90. The van der Waals surface area contributed by atoms with Crippen LogP contribution in [0.2, 0.25) is 0 Å². The molecule has 82 valence electrons. The Hall–Kier alpha value is -2.17. The molecule has 1 aromatic carbocycles. The fraction of sp³-hybridized carbons (Fsp3) is 0.182. The van der Waals surface area contributed by atoms with E-state index >= 15 is 0 Å². The number of aliphatic carboxylic acids is 1. The standard InChI is InChI=1S/C11H10N2O3/c1-7-12-10(16-13-7)9(11(14)15)8-5-3-2-4-6-8/h2-6,9H,1H3,(H,14,15). The van der Waals surface area contributed by atoms with E-state index in [4.69, 9.17) is 9.63 Å². The van der Waals surface area contributed by atoms with Gasteiger partial charge in [-0.2, -0.15) is 4.98 Å². The molecule has 1 atom stereocenters. The first-order chi connectivity index (χ1) is 7.68. The number of hydrogen-bond donors (Lipinski definition) is 1. The van der Waals surface area contributed by atoms with Crippen molar-refractivity contribution >= 4 is 5.97 Å². The lowest BCUT2D eigenvalue weighted by atomic mass is 9.99. The highest BCUT2D eigenvalue weighted by molar-refractivity contribution is 5.78. The van der Waals surface area contributed by atoms with Crippen LogP contribution in [0.3, 0.4) is 0 Å². The summed E-state index contributed by atoms with van der Waals surface area (Å²) in [4.78, 5) is 15.1. The van der Waals surface area contributed by atoms with E-state index < -0.39 is 11.9 Å². The first-order valence-electron chi connectivity index (χ1n) is 4.76. The summed E-state index contributed by atoms with van der Waals surface area (Å²) in [6.07, 6.45) is 0. The van der Waals surface area contributed by atoms with Gasteiger partial charge in [0, 0.05) is 0 Å². The summed E-state index contributed by atoms with van der Waals surface area (Å²) in [6, 6.07) is 8.81. The summed E-state index contributed by atoms with van der Waals surface area (Å²) in [5.74, 6) is -1.37. The molecule has 0 bridgehead atoms. The van der Waals surface area contributed by atoms with Gasteiger partial charge in [0.25, 0.3) is 0 Å². The molecular weight excluding hydrogens is 208 g/mol. The third kappa shape index (κ3) is 1.93. The van der Waals surface area contributed by atoms with Gasteiger partial charge in [-0.25, -0.2) is 0 Å². The molecule has 0 fully saturated rings. The number of aromatic nitrogens is 2. The zero-order valence-electron chi connectivity index (χ0n) is 8.62. The molecule has 0 spiro atoms. The average molecular weight is 218 g/mol. The molecule has 1 aromatic heterocycles. The minimum Gasteiger partial charge on any atom is -0.480 e. The van der Waals surface area contributed by atoms with Gasteiger partial charge in [0.15, 0.2) is 11.7 Å². The number of carboxylic acids is 1. The van der Waals surface area contributed by atoms with Crippen molar-refractivity contribution in [3.8, 4) is 0 Å². The lowest BCUT2D eigenvalue weighted by Gasteiger charge is -2.07. The van der Waals surface area contributed by atoms with E-state index in [2.05, 4.69) is 10.1 Å². The fourth-order valence-electron chi connectivity index (χ4n) is 1.47. The second-order valence-corrected chi connectivity index (χ2v) is 3.36. The quantitative estimate of drug-likeness (QED) is 0.846. The molecule has 2 rings (SSSR count). The van der Waals surface area contributed by atoms with Crippen molar-refractivity contribution in [1.82, 2.24) is 10.1 Å². The maximum atomic E-state index is 11.2. The number of carboxylic acid groups (broad SMARTS) is 1. The Balaban J connectivity index is 2.43. The van der Waals surface area contributed by atoms with Crippen LogP contribution in [0.25, 0.3) is 0 Å². The van der Waals surface area contributed by atoms with Crippen LogP contribution in [-0.2, 0) is 4.79 Å². The van der Waals surface area contributed by atoms with Crippen molar-refractivity contribution in [3.05, 3.63) is 47.6 Å². The molecule has 1 heterocycles. The predicted octanol–water partition coefficient (Wildman–Crippen LogP) is 1.59. The van der Waals surface area contributed by atoms with Gasteiger partial charge in [0.1, 0.15) is 0 Å². The van der Waals surface area contributed by atoms with Crippen LogP contribution in [0.4, 0.5) is 0 Å². The Labute approximate surface area is 91.7 Å². The molecule has 0 saturated carbocycles. The molecule has 16 heavy (non-hydrogen) atoms. The Morgan fingerprint density at radius 2 is 2.06 bits per heavy atom. The van der Waals surface area contributed by atoms with E-state index in [1.807, 2.05) is 6.07 Å². The molecule has 0 aliphatic carbocycles. The largest absolute Gasteiger partial charge is 0.480 e. The molecule has 0 amide bonds. The molecule has 0 aliphatic rings. The molecule has 1 unspecified atom stereocenters. The summed E-state index contributed by atoms with van der Waals surface area (Å²) in [5.41, 5.74) is 0.624. The third-order valence-electron chi connectivity index (χ3n) is 2.17. The fourth-order valence-corrected chi connectivity index (χ4v) is 1.47. The second-order valence-electron chi connectivity index (χ2n) is 3.36.